The highest BCUT2D eigenvalue weighted by Gasteiger charge is 2.37. The van der Waals surface area contributed by atoms with Gasteiger partial charge in [0.2, 0.25) is 10.0 Å². The number of aryl methyl sites for hydroxylation is 1. The summed E-state index contributed by atoms with van der Waals surface area (Å²) in [6, 6.07) is 6.72. The van der Waals surface area contributed by atoms with Crippen molar-refractivity contribution in [3.63, 3.8) is 0 Å². The molecule has 0 unspecified atom stereocenters. The highest BCUT2D eigenvalue weighted by atomic mass is 32.2. The molecule has 1 fully saturated rings. The summed E-state index contributed by atoms with van der Waals surface area (Å²) in [6.07, 6.45) is 3.10. The van der Waals surface area contributed by atoms with E-state index in [0.29, 0.717) is 12.8 Å². The molecule has 0 atom stereocenters. The van der Waals surface area contributed by atoms with Crippen molar-refractivity contribution in [2.45, 2.75) is 57.0 Å². The van der Waals surface area contributed by atoms with Crippen molar-refractivity contribution in [2.24, 2.45) is 5.41 Å². The molecule has 0 heterocycles. The Morgan fingerprint density at radius 1 is 1.10 bits per heavy atom. The number of nitrogens with one attached hydrogen (secondary N) is 1. The predicted molar refractivity (Wildman–Crippen MR) is 83.6 cm³/mol. The summed E-state index contributed by atoms with van der Waals surface area (Å²) in [4.78, 5) is 0.243. The van der Waals surface area contributed by atoms with E-state index in [4.69, 9.17) is 0 Å². The molecular formula is C16H25NO3S. The summed E-state index contributed by atoms with van der Waals surface area (Å²) in [5.41, 5.74) is 0.331. The van der Waals surface area contributed by atoms with Gasteiger partial charge in [0, 0.05) is 6.54 Å². The van der Waals surface area contributed by atoms with Crippen LogP contribution in [0.5, 0.6) is 0 Å². The molecular weight excluding hydrogens is 286 g/mol. The van der Waals surface area contributed by atoms with Gasteiger partial charge in [-0.3, -0.25) is 0 Å². The lowest BCUT2D eigenvalue weighted by molar-refractivity contribution is -0.0205. The highest BCUT2D eigenvalue weighted by Crippen LogP contribution is 2.39. The van der Waals surface area contributed by atoms with Gasteiger partial charge in [-0.15, -0.1) is 0 Å². The second-order valence-corrected chi connectivity index (χ2v) is 8.79. The molecule has 1 aromatic rings. The second kappa shape index (κ2) is 5.71. The van der Waals surface area contributed by atoms with E-state index in [9.17, 15) is 13.5 Å². The van der Waals surface area contributed by atoms with Crippen LogP contribution in [0.1, 0.15) is 45.1 Å². The number of aliphatic hydroxyl groups is 1. The van der Waals surface area contributed by atoms with E-state index in [1.54, 1.807) is 24.3 Å². The Hall–Kier alpha value is -0.910. The summed E-state index contributed by atoms with van der Waals surface area (Å²) < 4.78 is 27.0. The van der Waals surface area contributed by atoms with Gasteiger partial charge in [-0.1, -0.05) is 31.5 Å². The first kappa shape index (κ1) is 16.5. The van der Waals surface area contributed by atoms with Crippen molar-refractivity contribution in [1.82, 2.24) is 4.72 Å². The first-order valence-electron chi connectivity index (χ1n) is 7.41. The van der Waals surface area contributed by atoms with Crippen LogP contribution < -0.4 is 4.72 Å². The van der Waals surface area contributed by atoms with Crippen LogP contribution in [0.15, 0.2) is 29.2 Å². The Kier molecular flexibility index (Phi) is 4.47. The van der Waals surface area contributed by atoms with Gasteiger partial charge >= 0.3 is 0 Å². The number of hydrogen-bond donors (Lipinski definition) is 2. The van der Waals surface area contributed by atoms with Gasteiger partial charge in [-0.05, 0) is 50.2 Å². The Labute approximate surface area is 127 Å². The molecule has 4 nitrogen and oxygen atoms in total. The minimum Gasteiger partial charge on any atom is -0.389 e. The molecule has 1 aliphatic rings. The standard InChI is InChI=1S/C16H25NO3S/c1-13-4-6-14(7-5-13)21(19,20)17-12-16(18)10-8-15(2,3)9-11-16/h4-7,17-18H,8-12H2,1-3H3. The molecule has 1 aliphatic carbocycles. The normalized spacial score (nSPS) is 21.1. The lowest BCUT2D eigenvalue weighted by Crippen LogP contribution is -2.46. The summed E-state index contributed by atoms with van der Waals surface area (Å²) in [5.74, 6) is 0. The molecule has 1 saturated carbocycles. The fourth-order valence-corrected chi connectivity index (χ4v) is 3.72. The molecule has 5 heteroatoms. The number of sulfonamides is 1. The third-order valence-corrected chi connectivity index (χ3v) is 5.87. The van der Waals surface area contributed by atoms with E-state index in [2.05, 4.69) is 18.6 Å². The van der Waals surface area contributed by atoms with Gasteiger partial charge in [0.05, 0.1) is 10.5 Å². The minimum absolute atomic E-state index is 0.0826. The maximum absolute atomic E-state index is 12.2. The van der Waals surface area contributed by atoms with Crippen molar-refractivity contribution in [3.8, 4) is 0 Å². The lowest BCUT2D eigenvalue weighted by atomic mass is 9.71. The Balaban J connectivity index is 2.00. The van der Waals surface area contributed by atoms with Gasteiger partial charge in [0.1, 0.15) is 0 Å². The number of benzene rings is 1. The Bertz CT molecular complexity index is 580. The molecule has 118 valence electrons. The average molecular weight is 311 g/mol. The zero-order valence-corrected chi connectivity index (χ0v) is 13.8. The first-order valence-corrected chi connectivity index (χ1v) is 8.89. The van der Waals surface area contributed by atoms with E-state index in [0.717, 1.165) is 18.4 Å². The third-order valence-electron chi connectivity index (χ3n) is 4.46. The fourth-order valence-electron chi connectivity index (χ4n) is 2.60. The molecule has 0 saturated heterocycles. The van der Waals surface area contributed by atoms with Crippen LogP contribution >= 0.6 is 0 Å². The van der Waals surface area contributed by atoms with Gasteiger partial charge < -0.3 is 5.11 Å². The Morgan fingerprint density at radius 2 is 1.62 bits per heavy atom. The molecule has 0 amide bonds. The van der Waals surface area contributed by atoms with Crippen molar-refractivity contribution >= 4 is 10.0 Å². The highest BCUT2D eigenvalue weighted by molar-refractivity contribution is 7.89. The molecule has 21 heavy (non-hydrogen) atoms. The van der Waals surface area contributed by atoms with Crippen LogP contribution in [-0.4, -0.2) is 25.7 Å². The van der Waals surface area contributed by atoms with E-state index in [-0.39, 0.29) is 16.9 Å². The van der Waals surface area contributed by atoms with Crippen LogP contribution in [0.25, 0.3) is 0 Å². The molecule has 0 aromatic heterocycles. The monoisotopic (exact) mass is 311 g/mol. The first-order chi connectivity index (χ1) is 9.62. The smallest absolute Gasteiger partial charge is 0.240 e. The van der Waals surface area contributed by atoms with Crippen molar-refractivity contribution in [2.75, 3.05) is 6.54 Å². The third kappa shape index (κ3) is 4.28. The molecule has 0 bridgehead atoms. The van der Waals surface area contributed by atoms with Crippen LogP contribution in [0, 0.1) is 12.3 Å². The quantitative estimate of drug-likeness (QED) is 0.898. The number of hydrogen-bond acceptors (Lipinski definition) is 3. The maximum Gasteiger partial charge on any atom is 0.240 e. The summed E-state index contributed by atoms with van der Waals surface area (Å²) in [7, 11) is -3.55. The largest absolute Gasteiger partial charge is 0.389 e. The zero-order chi connectivity index (χ0) is 15.7. The SMILES string of the molecule is Cc1ccc(S(=O)(=O)NCC2(O)CCC(C)(C)CC2)cc1. The van der Waals surface area contributed by atoms with Crippen LogP contribution in [-0.2, 0) is 10.0 Å². The zero-order valence-electron chi connectivity index (χ0n) is 13.0. The lowest BCUT2D eigenvalue weighted by Gasteiger charge is -2.40. The van der Waals surface area contributed by atoms with Crippen molar-refractivity contribution in [3.05, 3.63) is 29.8 Å². The van der Waals surface area contributed by atoms with Crippen LogP contribution in [0.4, 0.5) is 0 Å². The Morgan fingerprint density at radius 3 is 2.14 bits per heavy atom. The molecule has 2 N–H and O–H groups in total. The van der Waals surface area contributed by atoms with Gasteiger partial charge in [0.15, 0.2) is 0 Å². The predicted octanol–water partition coefficient (Wildman–Crippen LogP) is 2.60. The fraction of sp³-hybridized carbons (Fsp3) is 0.625. The molecule has 0 radical (unpaired) electrons. The topological polar surface area (TPSA) is 66.4 Å². The summed E-state index contributed by atoms with van der Waals surface area (Å²) in [5, 5.41) is 10.5. The van der Waals surface area contributed by atoms with Crippen molar-refractivity contribution in [1.29, 1.82) is 0 Å². The summed E-state index contributed by atoms with van der Waals surface area (Å²) in [6.45, 7) is 6.36. The second-order valence-electron chi connectivity index (χ2n) is 7.03. The van der Waals surface area contributed by atoms with E-state index >= 15 is 0 Å². The van der Waals surface area contributed by atoms with Gasteiger partial charge in [0.25, 0.3) is 0 Å². The minimum atomic E-state index is -3.55. The van der Waals surface area contributed by atoms with E-state index in [1.165, 1.54) is 0 Å². The van der Waals surface area contributed by atoms with E-state index in [1.807, 2.05) is 6.92 Å². The number of rotatable bonds is 4. The maximum atomic E-state index is 12.2. The molecule has 1 aromatic carbocycles. The molecule has 2 rings (SSSR count). The average Bonchev–Trinajstić information content (AvgIpc) is 2.42. The van der Waals surface area contributed by atoms with Crippen LogP contribution in [0.3, 0.4) is 0 Å². The van der Waals surface area contributed by atoms with Crippen molar-refractivity contribution < 1.29 is 13.5 Å². The molecule has 0 spiro atoms. The molecule has 0 aliphatic heterocycles. The van der Waals surface area contributed by atoms with Gasteiger partial charge in [-0.25, -0.2) is 13.1 Å². The van der Waals surface area contributed by atoms with Crippen LogP contribution in [0.2, 0.25) is 0 Å². The van der Waals surface area contributed by atoms with Gasteiger partial charge in [-0.2, -0.15) is 0 Å². The van der Waals surface area contributed by atoms with E-state index < -0.39 is 15.6 Å². The summed E-state index contributed by atoms with van der Waals surface area (Å²) >= 11 is 0.